The quantitative estimate of drug-likeness (QED) is 0.305. The molecule has 0 heterocycles. The van der Waals surface area contributed by atoms with Gasteiger partial charge in [-0.25, -0.2) is 18.1 Å². The molecule has 0 bridgehead atoms. The number of nitro benzene ring substituents is 1. The van der Waals surface area contributed by atoms with E-state index in [9.17, 15) is 23.3 Å². The van der Waals surface area contributed by atoms with Gasteiger partial charge >= 0.3 is 0 Å². The number of carbonyl (C=O) groups excluding carboxylic acids is 1. The summed E-state index contributed by atoms with van der Waals surface area (Å²) in [7, 11) is -4.29. The van der Waals surface area contributed by atoms with Gasteiger partial charge in [-0.2, -0.15) is 5.10 Å². The number of hydrazone groups is 1. The summed E-state index contributed by atoms with van der Waals surface area (Å²) in [6, 6.07) is 19.3. The van der Waals surface area contributed by atoms with Gasteiger partial charge < -0.3 is 0 Å². The fourth-order valence-electron chi connectivity index (χ4n) is 2.74. The molecule has 0 aliphatic carbocycles. The van der Waals surface area contributed by atoms with Crippen molar-refractivity contribution in [2.45, 2.75) is 4.90 Å². The number of hydrogen-bond acceptors (Lipinski definition) is 6. The van der Waals surface area contributed by atoms with E-state index in [1.807, 2.05) is 0 Å². The molecule has 0 aromatic heterocycles. The predicted octanol–water partition coefficient (Wildman–Crippen LogP) is 3.59. The molecule has 0 aliphatic rings. The minimum absolute atomic E-state index is 0.115. The van der Waals surface area contributed by atoms with Crippen LogP contribution in [-0.4, -0.2) is 32.0 Å². The van der Waals surface area contributed by atoms with Gasteiger partial charge in [0.25, 0.3) is 21.6 Å². The van der Waals surface area contributed by atoms with Gasteiger partial charge in [0.15, 0.2) is 0 Å². The van der Waals surface area contributed by atoms with E-state index in [4.69, 9.17) is 11.6 Å². The predicted molar refractivity (Wildman–Crippen MR) is 121 cm³/mol. The third kappa shape index (κ3) is 5.48. The number of benzene rings is 3. The van der Waals surface area contributed by atoms with E-state index in [2.05, 4.69) is 10.5 Å². The Morgan fingerprint density at radius 2 is 1.66 bits per heavy atom. The van der Waals surface area contributed by atoms with Crippen molar-refractivity contribution in [2.75, 3.05) is 10.8 Å². The van der Waals surface area contributed by atoms with E-state index in [0.717, 1.165) is 0 Å². The van der Waals surface area contributed by atoms with Crippen LogP contribution in [0.25, 0.3) is 0 Å². The van der Waals surface area contributed by atoms with Gasteiger partial charge in [0.1, 0.15) is 12.2 Å². The zero-order chi connectivity index (χ0) is 23.1. The number of para-hydroxylation sites is 2. The summed E-state index contributed by atoms with van der Waals surface area (Å²) in [5.41, 5.74) is 2.20. The Morgan fingerprint density at radius 3 is 2.31 bits per heavy atom. The van der Waals surface area contributed by atoms with E-state index in [1.165, 1.54) is 54.7 Å². The lowest BCUT2D eigenvalue weighted by atomic mass is 10.2. The highest BCUT2D eigenvalue weighted by atomic mass is 35.5. The molecular weight excluding hydrogens is 456 g/mol. The number of halogens is 1. The average Bonchev–Trinajstić information content (AvgIpc) is 2.79. The van der Waals surface area contributed by atoms with E-state index in [-0.39, 0.29) is 10.6 Å². The maximum absolute atomic E-state index is 13.2. The summed E-state index contributed by atoms with van der Waals surface area (Å²) in [6.07, 6.45) is 1.36. The molecule has 0 aliphatic heterocycles. The Balaban J connectivity index is 1.90. The second-order valence-corrected chi connectivity index (χ2v) is 8.71. The molecule has 0 radical (unpaired) electrons. The average molecular weight is 473 g/mol. The highest BCUT2D eigenvalue weighted by Crippen LogP contribution is 2.31. The molecule has 9 nitrogen and oxygen atoms in total. The molecule has 0 unspecified atom stereocenters. The van der Waals surface area contributed by atoms with Crippen molar-refractivity contribution in [3.63, 3.8) is 0 Å². The van der Waals surface area contributed by atoms with E-state index >= 15 is 0 Å². The van der Waals surface area contributed by atoms with Crippen molar-refractivity contribution >= 4 is 45.1 Å². The first-order valence-corrected chi connectivity index (χ1v) is 11.0. The molecule has 3 rings (SSSR count). The lowest BCUT2D eigenvalue weighted by Crippen LogP contribution is -2.39. The highest BCUT2D eigenvalue weighted by molar-refractivity contribution is 7.92. The molecule has 1 N–H and O–H groups in total. The normalized spacial score (nSPS) is 11.3. The number of nitrogens with one attached hydrogen (secondary N) is 1. The number of nitro groups is 1. The molecule has 1 amide bonds. The van der Waals surface area contributed by atoms with Crippen LogP contribution < -0.4 is 9.73 Å². The van der Waals surface area contributed by atoms with Crippen molar-refractivity contribution in [1.29, 1.82) is 0 Å². The van der Waals surface area contributed by atoms with Crippen LogP contribution in [0, 0.1) is 10.1 Å². The minimum atomic E-state index is -4.29. The molecule has 3 aromatic rings. The number of amides is 1. The fraction of sp³-hybridized carbons (Fsp3) is 0.0476. The molecule has 164 valence electrons. The summed E-state index contributed by atoms with van der Waals surface area (Å²) < 4.78 is 27.2. The van der Waals surface area contributed by atoms with Gasteiger partial charge in [0.2, 0.25) is 0 Å². The van der Waals surface area contributed by atoms with Crippen molar-refractivity contribution in [1.82, 2.24) is 5.43 Å². The van der Waals surface area contributed by atoms with E-state index in [1.54, 1.807) is 30.3 Å². The third-order valence-electron chi connectivity index (χ3n) is 4.24. The maximum atomic E-state index is 13.2. The summed E-state index contributed by atoms with van der Waals surface area (Å²) in [5.74, 6) is -0.784. The molecule has 32 heavy (non-hydrogen) atoms. The number of anilines is 1. The molecular formula is C21H17ClN4O5S. The molecule has 0 saturated carbocycles. The second kappa shape index (κ2) is 10.0. The van der Waals surface area contributed by atoms with Crippen molar-refractivity contribution < 1.29 is 18.1 Å². The SMILES string of the molecule is O=C(CN(c1ccccc1[N+](=O)[O-])S(=O)(=O)c1ccccc1)N/N=C\c1ccc(Cl)cc1. The summed E-state index contributed by atoms with van der Waals surface area (Å²) >= 11 is 5.82. The first-order chi connectivity index (χ1) is 15.3. The largest absolute Gasteiger partial charge is 0.293 e. The Hall–Kier alpha value is -3.76. The Labute approximate surface area is 189 Å². The number of sulfonamides is 1. The minimum Gasteiger partial charge on any atom is -0.271 e. The number of nitrogens with zero attached hydrogens (tertiary/aromatic N) is 3. The van der Waals surface area contributed by atoms with Crippen LogP contribution in [0.1, 0.15) is 5.56 Å². The van der Waals surface area contributed by atoms with Crippen molar-refractivity contribution in [3.8, 4) is 0 Å². The molecule has 0 spiro atoms. The van der Waals surface area contributed by atoms with Crippen LogP contribution >= 0.6 is 11.6 Å². The van der Waals surface area contributed by atoms with Crippen LogP contribution in [0.4, 0.5) is 11.4 Å². The highest BCUT2D eigenvalue weighted by Gasteiger charge is 2.31. The fourth-order valence-corrected chi connectivity index (χ4v) is 4.32. The number of carbonyl (C=O) groups is 1. The van der Waals surface area contributed by atoms with Crippen molar-refractivity contribution in [2.24, 2.45) is 5.10 Å². The molecule has 0 atom stereocenters. The number of hydrogen-bond donors (Lipinski definition) is 1. The Bertz CT molecular complexity index is 1250. The Kier molecular flexibility index (Phi) is 7.18. The summed E-state index contributed by atoms with van der Waals surface area (Å²) in [4.78, 5) is 23.2. The van der Waals surface area contributed by atoms with Gasteiger partial charge in [-0.3, -0.25) is 14.9 Å². The summed E-state index contributed by atoms with van der Waals surface area (Å²) in [5, 5.41) is 15.8. The first kappa shape index (κ1) is 22.9. The van der Waals surface area contributed by atoms with Crippen LogP contribution in [0.3, 0.4) is 0 Å². The van der Waals surface area contributed by atoms with Gasteiger partial charge in [-0.15, -0.1) is 0 Å². The van der Waals surface area contributed by atoms with Crippen LogP contribution in [-0.2, 0) is 14.8 Å². The van der Waals surface area contributed by atoms with Crippen molar-refractivity contribution in [3.05, 3.63) is 99.6 Å². The van der Waals surface area contributed by atoms with Crippen LogP contribution in [0.15, 0.2) is 88.9 Å². The van der Waals surface area contributed by atoms with E-state index in [0.29, 0.717) is 14.9 Å². The maximum Gasteiger partial charge on any atom is 0.293 e. The molecule has 0 saturated heterocycles. The van der Waals surface area contributed by atoms with Gasteiger partial charge in [-0.05, 0) is 35.9 Å². The summed E-state index contributed by atoms with van der Waals surface area (Å²) in [6.45, 7) is -0.722. The monoisotopic (exact) mass is 472 g/mol. The standard InChI is InChI=1S/C21H17ClN4O5S/c22-17-12-10-16(11-13-17)14-23-24-21(27)15-25(19-8-4-5-9-20(19)26(28)29)32(30,31)18-6-2-1-3-7-18/h1-14H,15H2,(H,24,27)/b23-14-. The smallest absolute Gasteiger partial charge is 0.271 e. The third-order valence-corrected chi connectivity index (χ3v) is 6.26. The zero-order valence-electron chi connectivity index (χ0n) is 16.5. The lowest BCUT2D eigenvalue weighted by Gasteiger charge is -2.23. The topological polar surface area (TPSA) is 122 Å². The molecule has 11 heteroatoms. The van der Waals surface area contributed by atoms with Gasteiger partial charge in [0, 0.05) is 11.1 Å². The number of rotatable bonds is 8. The molecule has 0 fully saturated rings. The van der Waals surface area contributed by atoms with Crippen LogP contribution in [0.5, 0.6) is 0 Å². The van der Waals surface area contributed by atoms with Gasteiger partial charge in [0.05, 0.1) is 16.0 Å². The first-order valence-electron chi connectivity index (χ1n) is 9.18. The molecule has 3 aromatic carbocycles. The second-order valence-electron chi connectivity index (χ2n) is 6.42. The zero-order valence-corrected chi connectivity index (χ0v) is 18.0. The van der Waals surface area contributed by atoms with E-state index < -0.39 is 33.1 Å². The Morgan fingerprint density at radius 1 is 1.03 bits per heavy atom. The van der Waals surface area contributed by atoms with Crippen LogP contribution in [0.2, 0.25) is 5.02 Å². The van der Waals surface area contributed by atoms with Gasteiger partial charge in [-0.1, -0.05) is 54.1 Å². The lowest BCUT2D eigenvalue weighted by molar-refractivity contribution is -0.384.